The number of esters is 1. The van der Waals surface area contributed by atoms with Crippen LogP contribution in [0.4, 0.5) is 5.69 Å². The fraction of sp³-hybridized carbons (Fsp3) is 0.286. The molecule has 0 aromatic heterocycles. The van der Waals surface area contributed by atoms with Crippen LogP contribution < -0.4 is 11.1 Å². The highest BCUT2D eigenvalue weighted by Gasteiger charge is 2.14. The fourth-order valence-corrected chi connectivity index (χ4v) is 1.42. The van der Waals surface area contributed by atoms with Gasteiger partial charge in [-0.1, -0.05) is 12.1 Å². The number of nitrogens with two attached hydrogens (primary N) is 1. The molecule has 102 valence electrons. The molecule has 5 nitrogen and oxygen atoms in total. The predicted octanol–water partition coefficient (Wildman–Crippen LogP) is 1.35. The Kier molecular flexibility index (Phi) is 5.60. The van der Waals surface area contributed by atoms with Crippen LogP contribution in [0.15, 0.2) is 30.3 Å². The number of ether oxygens (including phenoxy) is 1. The normalized spacial score (nSPS) is 12.1. The van der Waals surface area contributed by atoms with E-state index in [2.05, 4.69) is 5.32 Å². The Labute approximate surface area is 112 Å². The van der Waals surface area contributed by atoms with Crippen molar-refractivity contribution in [3.63, 3.8) is 0 Å². The van der Waals surface area contributed by atoms with E-state index in [0.29, 0.717) is 5.69 Å². The van der Waals surface area contributed by atoms with Crippen molar-refractivity contribution >= 4 is 23.6 Å². The minimum Gasteiger partial charge on any atom is -0.464 e. The summed E-state index contributed by atoms with van der Waals surface area (Å²) in [6.07, 6.45) is 2.98. The van der Waals surface area contributed by atoms with E-state index < -0.39 is 12.0 Å². The van der Waals surface area contributed by atoms with Gasteiger partial charge in [-0.25, -0.2) is 4.79 Å². The average molecular weight is 262 g/mol. The summed E-state index contributed by atoms with van der Waals surface area (Å²) in [5, 5.41) is 2.52. The van der Waals surface area contributed by atoms with Gasteiger partial charge in [0.15, 0.2) is 0 Å². The molecule has 0 aliphatic rings. The van der Waals surface area contributed by atoms with Crippen LogP contribution >= 0.6 is 0 Å². The third-order valence-electron chi connectivity index (χ3n) is 2.34. The molecular weight excluding hydrogens is 244 g/mol. The van der Waals surface area contributed by atoms with Gasteiger partial charge < -0.3 is 15.8 Å². The molecule has 0 aliphatic carbocycles. The Hall–Kier alpha value is -2.30. The van der Waals surface area contributed by atoms with E-state index in [0.717, 1.165) is 5.56 Å². The van der Waals surface area contributed by atoms with Gasteiger partial charge >= 0.3 is 5.97 Å². The van der Waals surface area contributed by atoms with E-state index in [4.69, 9.17) is 10.5 Å². The van der Waals surface area contributed by atoms with E-state index in [1.54, 1.807) is 38.1 Å². The average Bonchev–Trinajstić information content (AvgIpc) is 2.36. The molecule has 0 saturated heterocycles. The standard InChI is InChI=1S/C14H18N2O3/c1-3-19-14(18)10(2)16-13(17)8-7-11-5-4-6-12(15)9-11/h4-10H,3,15H2,1-2H3,(H,16,17)/b8-7+. The lowest BCUT2D eigenvalue weighted by Gasteiger charge is -2.10. The monoisotopic (exact) mass is 262 g/mol. The molecule has 0 aliphatic heterocycles. The maximum Gasteiger partial charge on any atom is 0.328 e. The number of benzene rings is 1. The largest absolute Gasteiger partial charge is 0.464 e. The molecule has 19 heavy (non-hydrogen) atoms. The predicted molar refractivity (Wildman–Crippen MR) is 74.1 cm³/mol. The summed E-state index contributed by atoms with van der Waals surface area (Å²) >= 11 is 0. The molecule has 3 N–H and O–H groups in total. The first kappa shape index (κ1) is 14.8. The van der Waals surface area contributed by atoms with Crippen molar-refractivity contribution in [2.24, 2.45) is 0 Å². The van der Waals surface area contributed by atoms with Gasteiger partial charge in [0.05, 0.1) is 6.61 Å². The summed E-state index contributed by atoms with van der Waals surface area (Å²) in [6.45, 7) is 3.58. The lowest BCUT2D eigenvalue weighted by molar-refractivity contribution is -0.146. The molecule has 1 amide bonds. The fourth-order valence-electron chi connectivity index (χ4n) is 1.42. The van der Waals surface area contributed by atoms with Gasteiger partial charge in [-0.15, -0.1) is 0 Å². The molecule has 0 saturated carbocycles. The molecule has 1 aromatic carbocycles. The van der Waals surface area contributed by atoms with Crippen LogP contribution in [0.2, 0.25) is 0 Å². The molecule has 1 aromatic rings. The molecule has 1 rings (SSSR count). The van der Waals surface area contributed by atoms with E-state index in [1.165, 1.54) is 6.08 Å². The minimum atomic E-state index is -0.669. The Morgan fingerprint density at radius 3 is 2.84 bits per heavy atom. The van der Waals surface area contributed by atoms with Gasteiger partial charge in [0, 0.05) is 11.8 Å². The highest BCUT2D eigenvalue weighted by molar-refractivity contribution is 5.94. The van der Waals surface area contributed by atoms with Crippen molar-refractivity contribution in [3.05, 3.63) is 35.9 Å². The van der Waals surface area contributed by atoms with Gasteiger partial charge in [0.2, 0.25) is 5.91 Å². The molecule has 5 heteroatoms. The first-order chi connectivity index (χ1) is 9.02. The number of carbonyl (C=O) groups excluding carboxylic acids is 2. The quantitative estimate of drug-likeness (QED) is 0.477. The van der Waals surface area contributed by atoms with Crippen molar-refractivity contribution in [2.75, 3.05) is 12.3 Å². The van der Waals surface area contributed by atoms with Gasteiger partial charge in [-0.3, -0.25) is 4.79 Å². The van der Waals surface area contributed by atoms with E-state index >= 15 is 0 Å². The molecular formula is C14H18N2O3. The van der Waals surface area contributed by atoms with Gasteiger partial charge in [-0.05, 0) is 37.6 Å². The molecule has 1 atom stereocenters. The van der Waals surface area contributed by atoms with Crippen LogP contribution in [0.5, 0.6) is 0 Å². The van der Waals surface area contributed by atoms with Crippen LogP contribution in [0.3, 0.4) is 0 Å². The molecule has 0 fully saturated rings. The zero-order valence-electron chi connectivity index (χ0n) is 11.1. The number of hydrogen-bond donors (Lipinski definition) is 2. The van der Waals surface area contributed by atoms with Crippen molar-refractivity contribution in [2.45, 2.75) is 19.9 Å². The topological polar surface area (TPSA) is 81.4 Å². The molecule has 1 unspecified atom stereocenters. The number of carbonyl (C=O) groups is 2. The van der Waals surface area contributed by atoms with Gasteiger partial charge in [-0.2, -0.15) is 0 Å². The second-order valence-corrected chi connectivity index (χ2v) is 3.99. The van der Waals surface area contributed by atoms with Crippen molar-refractivity contribution in [1.29, 1.82) is 0 Å². The smallest absolute Gasteiger partial charge is 0.328 e. The third-order valence-corrected chi connectivity index (χ3v) is 2.34. The minimum absolute atomic E-state index is 0.290. The zero-order valence-corrected chi connectivity index (χ0v) is 11.1. The summed E-state index contributed by atoms with van der Waals surface area (Å²) in [5.41, 5.74) is 7.07. The second-order valence-electron chi connectivity index (χ2n) is 3.99. The van der Waals surface area contributed by atoms with Crippen LogP contribution in [-0.4, -0.2) is 24.5 Å². The number of nitrogens with one attached hydrogen (secondary N) is 1. The van der Waals surface area contributed by atoms with Crippen LogP contribution in [0, 0.1) is 0 Å². The van der Waals surface area contributed by atoms with Crippen LogP contribution in [-0.2, 0) is 14.3 Å². The Bertz CT molecular complexity index is 483. The summed E-state index contributed by atoms with van der Waals surface area (Å²) in [4.78, 5) is 22.9. The lowest BCUT2D eigenvalue weighted by atomic mass is 10.2. The van der Waals surface area contributed by atoms with E-state index in [9.17, 15) is 9.59 Å². The van der Waals surface area contributed by atoms with Crippen molar-refractivity contribution in [3.8, 4) is 0 Å². The highest BCUT2D eigenvalue weighted by Crippen LogP contribution is 2.07. The maximum atomic E-state index is 11.6. The summed E-state index contributed by atoms with van der Waals surface area (Å²) in [7, 11) is 0. The van der Waals surface area contributed by atoms with E-state index in [-0.39, 0.29) is 12.5 Å². The number of rotatable bonds is 5. The number of anilines is 1. The molecule has 0 bridgehead atoms. The SMILES string of the molecule is CCOC(=O)C(C)NC(=O)/C=C/c1cccc(N)c1. The maximum absolute atomic E-state index is 11.6. The van der Waals surface area contributed by atoms with Crippen LogP contribution in [0.25, 0.3) is 6.08 Å². The molecule has 0 spiro atoms. The lowest BCUT2D eigenvalue weighted by Crippen LogP contribution is -2.38. The summed E-state index contributed by atoms with van der Waals surface area (Å²) in [6, 6.07) is 6.47. The Morgan fingerprint density at radius 2 is 2.21 bits per heavy atom. The third kappa shape index (κ3) is 5.25. The Morgan fingerprint density at radius 1 is 1.47 bits per heavy atom. The number of amides is 1. The summed E-state index contributed by atoms with van der Waals surface area (Å²) < 4.78 is 4.79. The van der Waals surface area contributed by atoms with E-state index in [1.807, 2.05) is 6.07 Å². The molecule has 0 heterocycles. The number of hydrogen-bond acceptors (Lipinski definition) is 4. The zero-order chi connectivity index (χ0) is 14.3. The van der Waals surface area contributed by atoms with Crippen molar-refractivity contribution in [1.82, 2.24) is 5.32 Å². The first-order valence-electron chi connectivity index (χ1n) is 6.03. The first-order valence-corrected chi connectivity index (χ1v) is 6.03. The van der Waals surface area contributed by atoms with Crippen LogP contribution in [0.1, 0.15) is 19.4 Å². The highest BCUT2D eigenvalue weighted by atomic mass is 16.5. The van der Waals surface area contributed by atoms with Crippen molar-refractivity contribution < 1.29 is 14.3 Å². The number of nitrogen functional groups attached to an aromatic ring is 1. The van der Waals surface area contributed by atoms with Gasteiger partial charge in [0.1, 0.15) is 6.04 Å². The molecule has 0 radical (unpaired) electrons. The Balaban J connectivity index is 2.53. The van der Waals surface area contributed by atoms with Gasteiger partial charge in [0.25, 0.3) is 0 Å². The summed E-state index contributed by atoms with van der Waals surface area (Å²) in [5.74, 6) is -0.809. The second kappa shape index (κ2) is 7.20.